The van der Waals surface area contributed by atoms with Crippen molar-refractivity contribution < 1.29 is 19.8 Å². The summed E-state index contributed by atoms with van der Waals surface area (Å²) in [5, 5.41) is 24.6. The van der Waals surface area contributed by atoms with Crippen LogP contribution in [0.15, 0.2) is 23.3 Å². The zero-order valence-electron chi connectivity index (χ0n) is 18.4. The van der Waals surface area contributed by atoms with E-state index in [0.717, 1.165) is 32.1 Å². The Balaban J connectivity index is 1.73. The van der Waals surface area contributed by atoms with Crippen LogP contribution in [0.4, 0.5) is 0 Å². The number of amides is 1. The number of aliphatic hydroxyl groups is 2. The summed E-state index contributed by atoms with van der Waals surface area (Å²) in [6.07, 6.45) is 8.87. The monoisotopic (exact) mass is 406 g/mol. The average Bonchev–Trinajstić information content (AvgIpc) is 3.01. The highest BCUT2D eigenvalue weighted by atomic mass is 16.7. The lowest BCUT2D eigenvalue weighted by atomic mass is 9.70. The summed E-state index contributed by atoms with van der Waals surface area (Å²) in [6, 6.07) is -0.449. The predicted octanol–water partition coefficient (Wildman–Crippen LogP) is 2.57. The van der Waals surface area contributed by atoms with E-state index in [1.807, 2.05) is 0 Å². The van der Waals surface area contributed by atoms with E-state index in [1.165, 1.54) is 11.1 Å². The Morgan fingerprint density at radius 1 is 1.34 bits per heavy atom. The highest BCUT2D eigenvalue weighted by molar-refractivity contribution is 5.82. The van der Waals surface area contributed by atoms with E-state index < -0.39 is 18.1 Å². The number of hydrogen-bond donors (Lipinski definition) is 3. The first kappa shape index (κ1) is 22.5. The van der Waals surface area contributed by atoms with Crippen molar-refractivity contribution in [3.63, 3.8) is 0 Å². The topological polar surface area (TPSA) is 82.0 Å². The van der Waals surface area contributed by atoms with Crippen LogP contribution in [0.25, 0.3) is 0 Å². The van der Waals surface area contributed by atoms with Crippen LogP contribution in [0, 0.1) is 17.3 Å². The van der Waals surface area contributed by atoms with Crippen LogP contribution in [-0.4, -0.2) is 59.1 Å². The zero-order chi connectivity index (χ0) is 21.2. The summed E-state index contributed by atoms with van der Waals surface area (Å²) in [6.45, 7) is 8.97. The minimum absolute atomic E-state index is 0.0970. The molecule has 1 saturated carbocycles. The standard InChI is InChI=1S/C23H38N2O4/c1-15-6-5-7-17(10-15)12-25-21(18(13-26)20(14-27)29-25)22(28)24-19-8-9-23(3,4)11-16(19)2/h6,10,16,18-21,26-27H,5,7-9,11-14H2,1-4H3,(H,24,28)/t16?,18?,19-,20?,21?/m0/s1. The normalized spacial score (nSPS) is 35.2. The van der Waals surface area contributed by atoms with Crippen molar-refractivity contribution >= 4 is 5.91 Å². The van der Waals surface area contributed by atoms with Gasteiger partial charge in [0.15, 0.2) is 0 Å². The molecule has 0 aromatic carbocycles. The van der Waals surface area contributed by atoms with E-state index >= 15 is 0 Å². The largest absolute Gasteiger partial charge is 0.396 e. The van der Waals surface area contributed by atoms with Gasteiger partial charge in [-0.3, -0.25) is 9.63 Å². The third kappa shape index (κ3) is 5.29. The number of allylic oxidation sites excluding steroid dienone is 3. The maximum absolute atomic E-state index is 13.3. The highest BCUT2D eigenvalue weighted by Crippen LogP contribution is 2.39. The molecule has 29 heavy (non-hydrogen) atoms. The number of hydroxylamine groups is 2. The number of nitrogens with zero attached hydrogens (tertiary/aromatic N) is 1. The summed E-state index contributed by atoms with van der Waals surface area (Å²) in [7, 11) is 0. The molecular weight excluding hydrogens is 368 g/mol. The number of carbonyl (C=O) groups excluding carboxylic acids is 1. The molecule has 1 saturated heterocycles. The van der Waals surface area contributed by atoms with E-state index in [1.54, 1.807) is 5.06 Å². The van der Waals surface area contributed by atoms with Gasteiger partial charge in [-0.05, 0) is 50.4 Å². The van der Waals surface area contributed by atoms with Crippen LogP contribution in [-0.2, 0) is 9.63 Å². The Morgan fingerprint density at radius 3 is 2.72 bits per heavy atom. The lowest BCUT2D eigenvalue weighted by Gasteiger charge is -2.40. The Hall–Kier alpha value is -1.21. The first-order valence-electron chi connectivity index (χ1n) is 11.1. The summed E-state index contributed by atoms with van der Waals surface area (Å²) < 4.78 is 0. The molecule has 2 fully saturated rings. The SMILES string of the molecule is CC1=CCCC(CN2OC(CO)C(CO)C2C(=O)N[C@H]2CCC(C)(C)CC2C)=C1. The molecule has 0 bridgehead atoms. The predicted molar refractivity (Wildman–Crippen MR) is 113 cm³/mol. The molecule has 0 aromatic rings. The second-order valence-electron chi connectivity index (χ2n) is 9.98. The quantitative estimate of drug-likeness (QED) is 0.632. The van der Waals surface area contributed by atoms with Gasteiger partial charge in [-0.25, -0.2) is 0 Å². The van der Waals surface area contributed by atoms with Gasteiger partial charge in [0.25, 0.3) is 0 Å². The molecule has 4 unspecified atom stereocenters. The van der Waals surface area contributed by atoms with E-state index in [0.29, 0.717) is 17.9 Å². The van der Waals surface area contributed by atoms with Gasteiger partial charge in [0.05, 0.1) is 13.2 Å². The lowest BCUT2D eigenvalue weighted by Crippen LogP contribution is -2.53. The number of rotatable bonds is 6. The average molecular weight is 407 g/mol. The second-order valence-corrected chi connectivity index (χ2v) is 9.98. The molecule has 5 atom stereocenters. The van der Waals surface area contributed by atoms with Crippen LogP contribution in [0.5, 0.6) is 0 Å². The Kier molecular flexibility index (Phi) is 7.20. The minimum atomic E-state index is -0.591. The van der Waals surface area contributed by atoms with Gasteiger partial charge in [0, 0.05) is 18.5 Å². The molecule has 0 radical (unpaired) electrons. The van der Waals surface area contributed by atoms with Crippen molar-refractivity contribution in [3.05, 3.63) is 23.3 Å². The molecule has 1 heterocycles. The van der Waals surface area contributed by atoms with E-state index in [4.69, 9.17) is 4.84 Å². The van der Waals surface area contributed by atoms with Gasteiger partial charge in [-0.15, -0.1) is 0 Å². The van der Waals surface area contributed by atoms with Crippen LogP contribution in [0.3, 0.4) is 0 Å². The van der Waals surface area contributed by atoms with Crippen LogP contribution in [0.1, 0.15) is 59.8 Å². The van der Waals surface area contributed by atoms with Gasteiger partial charge in [-0.1, -0.05) is 44.1 Å². The number of aliphatic hydroxyl groups excluding tert-OH is 2. The molecule has 3 N–H and O–H groups in total. The highest BCUT2D eigenvalue weighted by Gasteiger charge is 2.47. The summed E-state index contributed by atoms with van der Waals surface area (Å²) >= 11 is 0. The van der Waals surface area contributed by atoms with Crippen molar-refractivity contribution in [2.24, 2.45) is 17.3 Å². The maximum Gasteiger partial charge on any atom is 0.240 e. The summed E-state index contributed by atoms with van der Waals surface area (Å²) in [5.41, 5.74) is 2.76. The fourth-order valence-corrected chi connectivity index (χ4v) is 5.27. The molecule has 3 rings (SSSR count). The van der Waals surface area contributed by atoms with Crippen molar-refractivity contribution in [2.45, 2.75) is 78.0 Å². The molecule has 0 spiro atoms. The molecule has 1 aliphatic heterocycles. The molecule has 6 heteroatoms. The Labute approximate surface area is 174 Å². The van der Waals surface area contributed by atoms with Gasteiger partial charge >= 0.3 is 0 Å². The van der Waals surface area contributed by atoms with Crippen molar-refractivity contribution in [1.29, 1.82) is 0 Å². The van der Waals surface area contributed by atoms with Crippen molar-refractivity contribution in [3.8, 4) is 0 Å². The van der Waals surface area contributed by atoms with Crippen LogP contribution >= 0.6 is 0 Å². The van der Waals surface area contributed by atoms with Crippen molar-refractivity contribution in [1.82, 2.24) is 10.4 Å². The van der Waals surface area contributed by atoms with Gasteiger partial charge in [-0.2, -0.15) is 5.06 Å². The molecule has 1 amide bonds. The first-order chi connectivity index (χ1) is 13.7. The van der Waals surface area contributed by atoms with E-state index in [2.05, 4.69) is 45.2 Å². The summed E-state index contributed by atoms with van der Waals surface area (Å²) in [5.74, 6) is -0.120. The first-order valence-corrected chi connectivity index (χ1v) is 11.1. The third-order valence-electron chi connectivity index (χ3n) is 6.87. The molecule has 2 aliphatic carbocycles. The Bertz CT molecular complexity index is 657. The fourth-order valence-electron chi connectivity index (χ4n) is 5.27. The minimum Gasteiger partial charge on any atom is -0.396 e. The number of carbonyl (C=O) groups is 1. The van der Waals surface area contributed by atoms with Gasteiger partial charge in [0.2, 0.25) is 5.91 Å². The molecule has 3 aliphatic rings. The second kappa shape index (κ2) is 9.29. The van der Waals surface area contributed by atoms with Gasteiger partial charge in [0.1, 0.15) is 12.1 Å². The Morgan fingerprint density at radius 2 is 2.10 bits per heavy atom. The van der Waals surface area contributed by atoms with E-state index in [-0.39, 0.29) is 25.2 Å². The smallest absolute Gasteiger partial charge is 0.240 e. The summed E-state index contributed by atoms with van der Waals surface area (Å²) in [4.78, 5) is 19.2. The molecule has 0 aromatic heterocycles. The number of nitrogens with one attached hydrogen (secondary N) is 1. The maximum atomic E-state index is 13.3. The molecular formula is C23H38N2O4. The van der Waals surface area contributed by atoms with Crippen LogP contribution < -0.4 is 5.32 Å². The zero-order valence-corrected chi connectivity index (χ0v) is 18.4. The van der Waals surface area contributed by atoms with E-state index in [9.17, 15) is 15.0 Å². The van der Waals surface area contributed by atoms with Gasteiger partial charge < -0.3 is 15.5 Å². The molecule has 164 valence electrons. The third-order valence-corrected chi connectivity index (χ3v) is 6.87. The van der Waals surface area contributed by atoms with Crippen LogP contribution in [0.2, 0.25) is 0 Å². The number of hydrogen-bond acceptors (Lipinski definition) is 5. The lowest BCUT2D eigenvalue weighted by molar-refractivity contribution is -0.172. The fraction of sp³-hybridized carbons (Fsp3) is 0.783. The van der Waals surface area contributed by atoms with Crippen molar-refractivity contribution in [2.75, 3.05) is 19.8 Å². The molecule has 6 nitrogen and oxygen atoms in total.